The van der Waals surface area contributed by atoms with Crippen molar-refractivity contribution in [3.8, 4) is 11.8 Å². The molecule has 0 spiro atoms. The highest BCUT2D eigenvalue weighted by molar-refractivity contribution is 5.17. The van der Waals surface area contributed by atoms with Gasteiger partial charge in [0.2, 0.25) is 0 Å². The van der Waals surface area contributed by atoms with Gasteiger partial charge >= 0.3 is 0 Å². The van der Waals surface area contributed by atoms with Crippen molar-refractivity contribution in [2.75, 3.05) is 0 Å². The predicted octanol–water partition coefficient (Wildman–Crippen LogP) is 1.84. The SMILES string of the molecule is CC#CCC(O)c1cc(C)ccn1. The first kappa shape index (κ1) is 9.76. The van der Waals surface area contributed by atoms with Crippen molar-refractivity contribution in [3.05, 3.63) is 29.6 Å². The topological polar surface area (TPSA) is 33.1 Å². The highest BCUT2D eigenvalue weighted by Gasteiger charge is 2.06. The molecule has 68 valence electrons. The summed E-state index contributed by atoms with van der Waals surface area (Å²) in [5.41, 5.74) is 1.80. The van der Waals surface area contributed by atoms with Gasteiger partial charge < -0.3 is 5.11 Å². The van der Waals surface area contributed by atoms with Crippen molar-refractivity contribution >= 4 is 0 Å². The Balaban J connectivity index is 2.74. The molecule has 0 saturated heterocycles. The molecule has 2 nitrogen and oxygen atoms in total. The molecule has 1 unspecified atom stereocenters. The molecule has 0 radical (unpaired) electrons. The highest BCUT2D eigenvalue weighted by Crippen LogP contribution is 2.13. The predicted molar refractivity (Wildman–Crippen MR) is 52.0 cm³/mol. The average Bonchev–Trinajstić information content (AvgIpc) is 2.14. The third-order valence-corrected chi connectivity index (χ3v) is 1.75. The van der Waals surface area contributed by atoms with E-state index in [1.165, 1.54) is 0 Å². The van der Waals surface area contributed by atoms with Crippen LogP contribution in [-0.4, -0.2) is 10.1 Å². The van der Waals surface area contributed by atoms with E-state index < -0.39 is 6.10 Å². The zero-order valence-electron chi connectivity index (χ0n) is 7.91. The van der Waals surface area contributed by atoms with E-state index in [1.807, 2.05) is 19.1 Å². The zero-order valence-corrected chi connectivity index (χ0v) is 7.91. The smallest absolute Gasteiger partial charge is 0.107 e. The molecule has 1 N–H and O–H groups in total. The first-order valence-corrected chi connectivity index (χ1v) is 4.24. The Hall–Kier alpha value is -1.33. The molecule has 1 rings (SSSR count). The van der Waals surface area contributed by atoms with Crippen LogP contribution < -0.4 is 0 Å². The Morgan fingerprint density at radius 1 is 1.62 bits per heavy atom. The Morgan fingerprint density at radius 3 is 3.00 bits per heavy atom. The second-order valence-corrected chi connectivity index (χ2v) is 2.90. The van der Waals surface area contributed by atoms with Gasteiger partial charge in [0.15, 0.2) is 0 Å². The summed E-state index contributed by atoms with van der Waals surface area (Å²) in [5, 5.41) is 9.61. The molecule has 1 aromatic rings. The maximum absolute atomic E-state index is 9.61. The first-order chi connectivity index (χ1) is 6.24. The number of aromatic nitrogens is 1. The van der Waals surface area contributed by atoms with Gasteiger partial charge in [0.1, 0.15) is 6.10 Å². The number of rotatable bonds is 2. The quantitative estimate of drug-likeness (QED) is 0.696. The number of hydrogen-bond acceptors (Lipinski definition) is 2. The number of aliphatic hydroxyl groups excluding tert-OH is 1. The summed E-state index contributed by atoms with van der Waals surface area (Å²) in [6.07, 6.45) is 1.59. The highest BCUT2D eigenvalue weighted by atomic mass is 16.3. The number of nitrogens with zero attached hydrogens (tertiary/aromatic N) is 1. The third-order valence-electron chi connectivity index (χ3n) is 1.75. The van der Waals surface area contributed by atoms with Gasteiger partial charge in [0, 0.05) is 12.6 Å². The third kappa shape index (κ3) is 2.89. The molecular formula is C11H13NO. The van der Waals surface area contributed by atoms with Crippen molar-refractivity contribution < 1.29 is 5.11 Å². The maximum Gasteiger partial charge on any atom is 0.107 e. The molecule has 0 amide bonds. The Kier molecular flexibility index (Phi) is 3.48. The lowest BCUT2D eigenvalue weighted by Gasteiger charge is -2.06. The maximum atomic E-state index is 9.61. The number of hydrogen-bond donors (Lipinski definition) is 1. The van der Waals surface area contributed by atoms with E-state index in [0.717, 1.165) is 5.56 Å². The van der Waals surface area contributed by atoms with E-state index >= 15 is 0 Å². The van der Waals surface area contributed by atoms with Crippen LogP contribution in [0.2, 0.25) is 0 Å². The Labute approximate surface area is 78.6 Å². The summed E-state index contributed by atoms with van der Waals surface area (Å²) >= 11 is 0. The minimum Gasteiger partial charge on any atom is -0.386 e. The van der Waals surface area contributed by atoms with E-state index in [4.69, 9.17) is 0 Å². The first-order valence-electron chi connectivity index (χ1n) is 4.24. The van der Waals surface area contributed by atoms with Crippen LogP contribution >= 0.6 is 0 Å². The summed E-state index contributed by atoms with van der Waals surface area (Å²) in [6.45, 7) is 3.74. The monoisotopic (exact) mass is 175 g/mol. The van der Waals surface area contributed by atoms with Gasteiger partial charge in [-0.3, -0.25) is 4.98 Å². The van der Waals surface area contributed by atoms with Gasteiger partial charge in [-0.25, -0.2) is 0 Å². The van der Waals surface area contributed by atoms with Crippen molar-refractivity contribution in [3.63, 3.8) is 0 Å². The van der Waals surface area contributed by atoms with Crippen LogP contribution in [0.3, 0.4) is 0 Å². The molecule has 0 aliphatic rings. The Morgan fingerprint density at radius 2 is 2.38 bits per heavy atom. The van der Waals surface area contributed by atoms with E-state index in [1.54, 1.807) is 13.1 Å². The summed E-state index contributed by atoms with van der Waals surface area (Å²) in [7, 11) is 0. The lowest BCUT2D eigenvalue weighted by molar-refractivity contribution is 0.179. The van der Waals surface area contributed by atoms with E-state index in [0.29, 0.717) is 12.1 Å². The summed E-state index contributed by atoms with van der Waals surface area (Å²) in [4.78, 5) is 4.07. The van der Waals surface area contributed by atoms with Crippen LogP contribution in [0.1, 0.15) is 30.7 Å². The van der Waals surface area contributed by atoms with Crippen molar-refractivity contribution in [1.29, 1.82) is 0 Å². The Bertz CT molecular complexity index is 335. The number of pyridine rings is 1. The van der Waals surface area contributed by atoms with Gasteiger partial charge in [-0.15, -0.1) is 11.8 Å². The fourth-order valence-electron chi connectivity index (χ4n) is 1.05. The van der Waals surface area contributed by atoms with Crippen LogP contribution in [-0.2, 0) is 0 Å². The van der Waals surface area contributed by atoms with Gasteiger partial charge in [0.25, 0.3) is 0 Å². The van der Waals surface area contributed by atoms with Gasteiger partial charge in [0.05, 0.1) is 5.69 Å². The molecule has 0 aliphatic carbocycles. The van der Waals surface area contributed by atoms with Crippen LogP contribution in [0.4, 0.5) is 0 Å². The molecule has 0 fully saturated rings. The largest absolute Gasteiger partial charge is 0.386 e. The van der Waals surface area contributed by atoms with Crippen LogP contribution in [0, 0.1) is 18.8 Å². The molecule has 13 heavy (non-hydrogen) atoms. The van der Waals surface area contributed by atoms with Crippen LogP contribution in [0.15, 0.2) is 18.3 Å². The van der Waals surface area contributed by atoms with Crippen LogP contribution in [0.25, 0.3) is 0 Å². The molecule has 0 saturated carbocycles. The lowest BCUT2D eigenvalue weighted by Crippen LogP contribution is -1.99. The van der Waals surface area contributed by atoms with E-state index in [2.05, 4.69) is 16.8 Å². The standard InChI is InChI=1S/C11H13NO/c1-3-4-5-11(13)10-8-9(2)6-7-12-10/h6-8,11,13H,5H2,1-2H3. The molecule has 1 heterocycles. The van der Waals surface area contributed by atoms with E-state index in [9.17, 15) is 5.11 Å². The summed E-state index contributed by atoms with van der Waals surface area (Å²) in [5.74, 6) is 5.57. The van der Waals surface area contributed by atoms with Crippen molar-refractivity contribution in [2.24, 2.45) is 0 Å². The fourth-order valence-corrected chi connectivity index (χ4v) is 1.05. The lowest BCUT2D eigenvalue weighted by atomic mass is 10.1. The molecule has 0 aliphatic heterocycles. The van der Waals surface area contributed by atoms with Crippen LogP contribution in [0.5, 0.6) is 0 Å². The molecule has 1 aromatic heterocycles. The summed E-state index contributed by atoms with van der Waals surface area (Å²) < 4.78 is 0. The average molecular weight is 175 g/mol. The second kappa shape index (κ2) is 4.64. The molecule has 0 bridgehead atoms. The number of aryl methyl sites for hydroxylation is 1. The zero-order chi connectivity index (χ0) is 9.68. The number of aliphatic hydroxyl groups is 1. The van der Waals surface area contributed by atoms with Gasteiger partial charge in [-0.1, -0.05) is 0 Å². The minimum absolute atomic E-state index is 0.451. The fraction of sp³-hybridized carbons (Fsp3) is 0.364. The molecular weight excluding hydrogens is 162 g/mol. The minimum atomic E-state index is -0.563. The van der Waals surface area contributed by atoms with Gasteiger partial charge in [-0.05, 0) is 31.5 Å². The molecule has 1 atom stereocenters. The molecule has 0 aromatic carbocycles. The van der Waals surface area contributed by atoms with E-state index in [-0.39, 0.29) is 0 Å². The van der Waals surface area contributed by atoms with Crippen molar-refractivity contribution in [2.45, 2.75) is 26.4 Å². The van der Waals surface area contributed by atoms with Crippen molar-refractivity contribution in [1.82, 2.24) is 4.98 Å². The van der Waals surface area contributed by atoms with Gasteiger partial charge in [-0.2, -0.15) is 0 Å². The second-order valence-electron chi connectivity index (χ2n) is 2.90. The normalized spacial score (nSPS) is 11.6. The summed E-state index contributed by atoms with van der Waals surface area (Å²) in [6, 6.07) is 3.78. The molecule has 2 heteroatoms.